The molecule has 0 saturated heterocycles. The highest BCUT2D eigenvalue weighted by molar-refractivity contribution is 5.66. The predicted octanol–water partition coefficient (Wildman–Crippen LogP) is 0.952. The molecule has 0 rings (SSSR count). The highest BCUT2D eigenvalue weighted by Gasteiger charge is 2.30. The van der Waals surface area contributed by atoms with E-state index in [4.69, 9.17) is 20.6 Å². The van der Waals surface area contributed by atoms with Crippen LogP contribution >= 0.6 is 0 Å². The fourth-order valence-corrected chi connectivity index (χ4v) is 0.913. The van der Waals surface area contributed by atoms with Crippen molar-refractivity contribution in [2.45, 2.75) is 26.6 Å². The molecule has 4 nitrogen and oxygen atoms in total. The van der Waals surface area contributed by atoms with E-state index in [0.29, 0.717) is 13.2 Å². The van der Waals surface area contributed by atoms with E-state index in [-0.39, 0.29) is 6.61 Å². The lowest BCUT2D eigenvalue weighted by molar-refractivity contribution is -0.219. The summed E-state index contributed by atoms with van der Waals surface area (Å²) >= 11 is 0. The fourth-order valence-electron chi connectivity index (χ4n) is 0.913. The summed E-state index contributed by atoms with van der Waals surface area (Å²) in [5, 5.41) is 0. The van der Waals surface area contributed by atoms with Crippen LogP contribution in [0.5, 0.6) is 0 Å². The van der Waals surface area contributed by atoms with Crippen LogP contribution in [0.3, 0.4) is 0 Å². The molecule has 0 heterocycles. The van der Waals surface area contributed by atoms with Gasteiger partial charge in [0.1, 0.15) is 0 Å². The molecule has 0 fully saturated rings. The molecule has 0 amide bonds. The zero-order valence-electron chi connectivity index (χ0n) is 8.83. The van der Waals surface area contributed by atoms with Crippen molar-refractivity contribution in [1.82, 2.24) is 0 Å². The minimum absolute atomic E-state index is 0.0828. The van der Waals surface area contributed by atoms with Crippen molar-refractivity contribution in [1.29, 1.82) is 0 Å². The number of hydrogen-bond donors (Lipinski definition) is 0. The van der Waals surface area contributed by atoms with Crippen molar-refractivity contribution in [2.24, 2.45) is 0 Å². The monoisotopic (exact) mass is 200 g/mol. The van der Waals surface area contributed by atoms with Gasteiger partial charge in [-0.1, -0.05) is 0 Å². The first kappa shape index (κ1) is 12.9. The van der Waals surface area contributed by atoms with Crippen LogP contribution in [-0.2, 0) is 19.0 Å². The van der Waals surface area contributed by atoms with E-state index in [1.807, 2.05) is 0 Å². The Bertz CT molecular complexity index is 211. The van der Waals surface area contributed by atoms with Crippen molar-refractivity contribution >= 4 is 5.97 Å². The van der Waals surface area contributed by atoms with Crippen molar-refractivity contribution in [3.05, 3.63) is 0 Å². The standard InChI is InChI=1S/C10H16O4/c1-5-10(13-6-2,14-7-3)8-12-9(4)11/h1H,6-8H2,2-4H3. The van der Waals surface area contributed by atoms with Gasteiger partial charge in [0.2, 0.25) is 0 Å². The maximum Gasteiger partial charge on any atom is 0.302 e. The Morgan fingerprint density at radius 1 is 1.36 bits per heavy atom. The number of ether oxygens (including phenoxy) is 3. The van der Waals surface area contributed by atoms with Crippen molar-refractivity contribution in [2.75, 3.05) is 19.8 Å². The first-order valence-electron chi connectivity index (χ1n) is 4.49. The van der Waals surface area contributed by atoms with E-state index in [1.54, 1.807) is 13.8 Å². The number of rotatable bonds is 6. The van der Waals surface area contributed by atoms with Crippen molar-refractivity contribution in [3.8, 4) is 12.3 Å². The Kier molecular flexibility index (Phi) is 5.93. The molecule has 0 N–H and O–H groups in total. The lowest BCUT2D eigenvalue weighted by Gasteiger charge is -2.26. The van der Waals surface area contributed by atoms with E-state index in [9.17, 15) is 4.79 Å². The summed E-state index contributed by atoms with van der Waals surface area (Å²) in [6.45, 7) is 5.59. The first-order valence-corrected chi connectivity index (χ1v) is 4.49. The summed E-state index contributed by atoms with van der Waals surface area (Å²) in [7, 11) is 0. The second kappa shape index (κ2) is 6.41. The van der Waals surface area contributed by atoms with Gasteiger partial charge >= 0.3 is 5.97 Å². The van der Waals surface area contributed by atoms with Crippen LogP contribution in [0.2, 0.25) is 0 Å². The average molecular weight is 200 g/mol. The Morgan fingerprint density at radius 2 is 1.86 bits per heavy atom. The molecule has 0 aromatic carbocycles. The topological polar surface area (TPSA) is 44.8 Å². The van der Waals surface area contributed by atoms with Crippen LogP contribution in [0.25, 0.3) is 0 Å². The van der Waals surface area contributed by atoms with E-state index in [2.05, 4.69) is 5.92 Å². The minimum Gasteiger partial charge on any atom is -0.459 e. The Balaban J connectivity index is 4.34. The molecule has 0 atom stereocenters. The highest BCUT2D eigenvalue weighted by Crippen LogP contribution is 2.12. The van der Waals surface area contributed by atoms with Gasteiger partial charge in [0.05, 0.1) is 0 Å². The molecule has 0 spiro atoms. The maximum absolute atomic E-state index is 10.6. The molecule has 0 saturated carbocycles. The Labute approximate surface area is 84.5 Å². The largest absolute Gasteiger partial charge is 0.459 e. The summed E-state index contributed by atoms with van der Waals surface area (Å²) in [6, 6.07) is 0. The van der Waals surface area contributed by atoms with E-state index in [1.165, 1.54) is 6.92 Å². The molecule has 0 aliphatic carbocycles. The molecule has 80 valence electrons. The normalized spacial score (nSPS) is 10.7. The number of esters is 1. The molecule has 0 aliphatic rings. The van der Waals surface area contributed by atoms with Crippen LogP contribution < -0.4 is 0 Å². The van der Waals surface area contributed by atoms with Gasteiger partial charge in [-0.15, -0.1) is 6.42 Å². The minimum atomic E-state index is -1.24. The summed E-state index contributed by atoms with van der Waals surface area (Å²) < 4.78 is 15.2. The molecule has 0 bridgehead atoms. The number of carbonyl (C=O) groups is 1. The lowest BCUT2D eigenvalue weighted by atomic mass is 10.3. The van der Waals surface area contributed by atoms with Gasteiger partial charge in [-0.25, -0.2) is 0 Å². The van der Waals surface area contributed by atoms with Gasteiger partial charge in [-0.2, -0.15) is 0 Å². The van der Waals surface area contributed by atoms with Gasteiger partial charge in [-0.3, -0.25) is 4.79 Å². The van der Waals surface area contributed by atoms with E-state index < -0.39 is 11.8 Å². The van der Waals surface area contributed by atoms with Gasteiger partial charge in [-0.05, 0) is 19.8 Å². The van der Waals surface area contributed by atoms with Gasteiger partial charge in [0, 0.05) is 20.1 Å². The smallest absolute Gasteiger partial charge is 0.302 e. The van der Waals surface area contributed by atoms with E-state index in [0.717, 1.165) is 0 Å². The molecule has 14 heavy (non-hydrogen) atoms. The van der Waals surface area contributed by atoms with E-state index >= 15 is 0 Å². The molecule has 0 aromatic rings. The van der Waals surface area contributed by atoms with Crippen LogP contribution in [-0.4, -0.2) is 31.6 Å². The van der Waals surface area contributed by atoms with Gasteiger partial charge in [0.15, 0.2) is 6.61 Å². The SMILES string of the molecule is C#CC(COC(C)=O)(OCC)OCC. The predicted molar refractivity (Wildman–Crippen MR) is 51.4 cm³/mol. The van der Waals surface area contributed by atoms with Crippen LogP contribution in [0, 0.1) is 12.3 Å². The number of carbonyl (C=O) groups excluding carboxylic acids is 1. The van der Waals surface area contributed by atoms with Gasteiger partial charge in [0.25, 0.3) is 5.79 Å². The number of hydrogen-bond acceptors (Lipinski definition) is 4. The second-order valence-corrected chi connectivity index (χ2v) is 2.54. The average Bonchev–Trinajstić information content (AvgIpc) is 2.15. The molecular formula is C10H16O4. The summed E-state index contributed by atoms with van der Waals surface area (Å²) in [5.41, 5.74) is 0. The summed E-state index contributed by atoms with van der Waals surface area (Å²) in [6.07, 6.45) is 5.27. The summed E-state index contributed by atoms with van der Waals surface area (Å²) in [4.78, 5) is 10.6. The number of terminal acetylenes is 1. The van der Waals surface area contributed by atoms with Crippen molar-refractivity contribution < 1.29 is 19.0 Å². The van der Waals surface area contributed by atoms with Crippen LogP contribution in [0.1, 0.15) is 20.8 Å². The Hall–Kier alpha value is -1.05. The highest BCUT2D eigenvalue weighted by atomic mass is 16.7. The van der Waals surface area contributed by atoms with Crippen LogP contribution in [0.4, 0.5) is 0 Å². The molecule has 0 unspecified atom stereocenters. The van der Waals surface area contributed by atoms with Gasteiger partial charge < -0.3 is 14.2 Å². The summed E-state index contributed by atoms with van der Waals surface area (Å²) in [5.74, 6) is 0.697. The maximum atomic E-state index is 10.6. The third kappa shape index (κ3) is 4.26. The molecule has 0 radical (unpaired) electrons. The Morgan fingerprint density at radius 3 is 2.14 bits per heavy atom. The fraction of sp³-hybridized carbons (Fsp3) is 0.700. The zero-order valence-corrected chi connectivity index (χ0v) is 8.83. The zero-order chi connectivity index (χ0) is 11.0. The third-order valence-corrected chi connectivity index (χ3v) is 1.44. The van der Waals surface area contributed by atoms with Crippen LogP contribution in [0.15, 0.2) is 0 Å². The van der Waals surface area contributed by atoms with Crippen molar-refractivity contribution in [3.63, 3.8) is 0 Å². The molecule has 0 aromatic heterocycles. The molecule has 4 heteroatoms. The first-order chi connectivity index (χ1) is 6.60. The third-order valence-electron chi connectivity index (χ3n) is 1.44. The second-order valence-electron chi connectivity index (χ2n) is 2.54. The quantitative estimate of drug-likeness (QED) is 0.364. The molecule has 0 aliphatic heterocycles. The lowest BCUT2D eigenvalue weighted by Crippen LogP contribution is -2.40. The molecular weight excluding hydrogens is 184 g/mol.